The van der Waals surface area contributed by atoms with E-state index in [0.29, 0.717) is 6.04 Å². The van der Waals surface area contributed by atoms with Crippen LogP contribution in [0.4, 0.5) is 0 Å². The number of aliphatic imine (C=N–C) groups is 1. The van der Waals surface area contributed by atoms with E-state index < -0.39 is 0 Å². The lowest BCUT2D eigenvalue weighted by Gasteiger charge is -2.26. The topological polar surface area (TPSA) is 44.0 Å². The Labute approximate surface area is 175 Å². The van der Waals surface area contributed by atoms with Gasteiger partial charge >= 0.3 is 0 Å². The number of likely N-dealkylation sites (tertiary alicyclic amines) is 2. The van der Waals surface area contributed by atoms with Crippen LogP contribution in [0.3, 0.4) is 0 Å². The molecular weight excluding hydrogens is 439 g/mol. The van der Waals surface area contributed by atoms with Crippen molar-refractivity contribution in [2.24, 2.45) is 10.9 Å². The quantitative estimate of drug-likeness (QED) is 0.373. The van der Waals surface area contributed by atoms with Crippen LogP contribution in [-0.4, -0.2) is 61.1 Å². The van der Waals surface area contributed by atoms with Crippen molar-refractivity contribution in [3.63, 3.8) is 0 Å². The lowest BCUT2D eigenvalue weighted by molar-refractivity contribution is 0.281. The fraction of sp³-hybridized carbons (Fsp3) is 0.750. The Bertz CT molecular complexity index is 528. The number of hydrogen-bond acceptors (Lipinski definition) is 3. The molecule has 2 fully saturated rings. The molecule has 0 saturated carbocycles. The molecule has 26 heavy (non-hydrogen) atoms. The molecule has 1 aromatic rings. The maximum Gasteiger partial charge on any atom is 0.194 e. The number of halogens is 1. The highest BCUT2D eigenvalue weighted by molar-refractivity contribution is 14.0. The maximum absolute atomic E-state index is 5.43. The second-order valence-corrected chi connectivity index (χ2v) is 7.60. The minimum Gasteiger partial charge on any atom is -0.469 e. The van der Waals surface area contributed by atoms with Gasteiger partial charge in [-0.3, -0.25) is 4.99 Å². The first-order valence-corrected chi connectivity index (χ1v) is 10.0. The summed E-state index contributed by atoms with van der Waals surface area (Å²) >= 11 is 0. The molecule has 0 bridgehead atoms. The van der Waals surface area contributed by atoms with Crippen LogP contribution in [0.15, 0.2) is 27.8 Å². The van der Waals surface area contributed by atoms with Crippen molar-refractivity contribution < 1.29 is 4.42 Å². The Morgan fingerprint density at radius 2 is 2.15 bits per heavy atom. The molecule has 2 unspecified atom stereocenters. The molecule has 0 amide bonds. The number of nitrogens with zero attached hydrogens (tertiary/aromatic N) is 3. The molecule has 1 N–H and O–H groups in total. The van der Waals surface area contributed by atoms with Crippen LogP contribution in [0.1, 0.15) is 45.3 Å². The molecule has 2 saturated heterocycles. The zero-order valence-corrected chi connectivity index (χ0v) is 18.7. The average Bonchev–Trinajstić information content (AvgIpc) is 3.37. The van der Waals surface area contributed by atoms with Crippen LogP contribution in [0.5, 0.6) is 0 Å². The first-order chi connectivity index (χ1) is 12.2. The van der Waals surface area contributed by atoms with Crippen LogP contribution in [-0.2, 0) is 6.42 Å². The summed E-state index contributed by atoms with van der Waals surface area (Å²) in [6, 6.07) is 4.43. The summed E-state index contributed by atoms with van der Waals surface area (Å²) in [5.41, 5.74) is 0. The van der Waals surface area contributed by atoms with E-state index in [1.807, 2.05) is 12.1 Å². The molecule has 6 heteroatoms. The molecule has 0 spiro atoms. The van der Waals surface area contributed by atoms with Gasteiger partial charge in [0.05, 0.1) is 6.26 Å². The van der Waals surface area contributed by atoms with Gasteiger partial charge in [-0.1, -0.05) is 6.92 Å². The Hall–Kier alpha value is -0.760. The van der Waals surface area contributed by atoms with Gasteiger partial charge in [0.2, 0.25) is 0 Å². The van der Waals surface area contributed by atoms with E-state index in [9.17, 15) is 0 Å². The maximum atomic E-state index is 5.43. The summed E-state index contributed by atoms with van der Waals surface area (Å²) in [5, 5.41) is 3.63. The van der Waals surface area contributed by atoms with Crippen molar-refractivity contribution in [2.75, 3.05) is 39.3 Å². The van der Waals surface area contributed by atoms with Crippen LogP contribution in [0, 0.1) is 5.92 Å². The Morgan fingerprint density at radius 3 is 2.85 bits per heavy atom. The summed E-state index contributed by atoms with van der Waals surface area (Å²) in [5.74, 6) is 2.89. The molecule has 2 aliphatic heterocycles. The summed E-state index contributed by atoms with van der Waals surface area (Å²) < 4.78 is 5.43. The van der Waals surface area contributed by atoms with Crippen LogP contribution < -0.4 is 5.32 Å². The zero-order chi connectivity index (χ0) is 17.5. The lowest BCUT2D eigenvalue weighted by Crippen LogP contribution is -2.44. The molecular formula is C20H35IN4O. The standard InChI is InChI=1S/C20H34N4O.HI/c1-3-17(2)22-20(21-10-8-19-7-6-14-25-19)24-13-9-18(16-24)15-23-11-4-5-12-23;/h6-7,14,17-18H,3-5,8-13,15-16H2,1-2H3,(H,21,22);1H. The molecule has 0 radical (unpaired) electrons. The van der Waals surface area contributed by atoms with Crippen LogP contribution >= 0.6 is 24.0 Å². The van der Waals surface area contributed by atoms with E-state index >= 15 is 0 Å². The fourth-order valence-electron chi connectivity index (χ4n) is 3.79. The van der Waals surface area contributed by atoms with Gasteiger partial charge in [-0.15, -0.1) is 24.0 Å². The van der Waals surface area contributed by atoms with E-state index in [0.717, 1.165) is 50.1 Å². The first kappa shape index (κ1) is 21.5. The zero-order valence-electron chi connectivity index (χ0n) is 16.3. The van der Waals surface area contributed by atoms with Crippen molar-refractivity contribution >= 4 is 29.9 Å². The number of rotatable bonds is 7. The highest BCUT2D eigenvalue weighted by atomic mass is 127. The fourth-order valence-corrected chi connectivity index (χ4v) is 3.79. The normalized spacial score (nSPS) is 22.5. The average molecular weight is 474 g/mol. The summed E-state index contributed by atoms with van der Waals surface area (Å²) in [7, 11) is 0. The molecule has 2 atom stereocenters. The van der Waals surface area contributed by atoms with Gasteiger partial charge in [0, 0.05) is 38.6 Å². The van der Waals surface area contributed by atoms with Gasteiger partial charge < -0.3 is 19.5 Å². The minimum atomic E-state index is 0. The second kappa shape index (κ2) is 11.2. The Morgan fingerprint density at radius 1 is 1.35 bits per heavy atom. The van der Waals surface area contributed by atoms with Gasteiger partial charge in [0.15, 0.2) is 5.96 Å². The minimum absolute atomic E-state index is 0. The third-order valence-electron chi connectivity index (χ3n) is 5.49. The largest absolute Gasteiger partial charge is 0.469 e. The summed E-state index contributed by atoms with van der Waals surface area (Å²) in [6.07, 6.45) is 7.76. The molecule has 1 aromatic heterocycles. The summed E-state index contributed by atoms with van der Waals surface area (Å²) in [4.78, 5) is 10.0. The first-order valence-electron chi connectivity index (χ1n) is 10.0. The molecule has 3 rings (SSSR count). The molecule has 0 aliphatic carbocycles. The van der Waals surface area contributed by atoms with Crippen molar-refractivity contribution in [3.8, 4) is 0 Å². The number of furan rings is 1. The van der Waals surface area contributed by atoms with Gasteiger partial charge in [0.25, 0.3) is 0 Å². The second-order valence-electron chi connectivity index (χ2n) is 7.60. The van der Waals surface area contributed by atoms with Gasteiger partial charge in [0.1, 0.15) is 5.76 Å². The van der Waals surface area contributed by atoms with E-state index in [4.69, 9.17) is 9.41 Å². The predicted octanol–water partition coefficient (Wildman–Crippen LogP) is 3.60. The molecule has 3 heterocycles. The van der Waals surface area contributed by atoms with Crippen LogP contribution in [0.2, 0.25) is 0 Å². The number of guanidine groups is 1. The molecule has 148 valence electrons. The lowest BCUT2D eigenvalue weighted by atomic mass is 10.1. The predicted molar refractivity (Wildman–Crippen MR) is 118 cm³/mol. The van der Waals surface area contributed by atoms with Crippen LogP contribution in [0.25, 0.3) is 0 Å². The molecule has 5 nitrogen and oxygen atoms in total. The third-order valence-corrected chi connectivity index (χ3v) is 5.49. The van der Waals surface area contributed by atoms with Crippen molar-refractivity contribution in [1.29, 1.82) is 0 Å². The van der Waals surface area contributed by atoms with E-state index in [1.165, 1.54) is 38.9 Å². The van der Waals surface area contributed by atoms with E-state index in [2.05, 4.69) is 29.0 Å². The monoisotopic (exact) mass is 474 g/mol. The number of hydrogen-bond donors (Lipinski definition) is 1. The molecule has 0 aromatic carbocycles. The third kappa shape index (κ3) is 6.44. The van der Waals surface area contributed by atoms with Gasteiger partial charge in [-0.2, -0.15) is 0 Å². The smallest absolute Gasteiger partial charge is 0.194 e. The van der Waals surface area contributed by atoms with E-state index in [-0.39, 0.29) is 24.0 Å². The van der Waals surface area contributed by atoms with Crippen molar-refractivity contribution in [1.82, 2.24) is 15.1 Å². The SMILES string of the molecule is CCC(C)NC(=NCCc1ccco1)N1CCC(CN2CCCC2)C1.I. The summed E-state index contributed by atoms with van der Waals surface area (Å²) in [6.45, 7) is 11.4. The van der Waals surface area contributed by atoms with E-state index in [1.54, 1.807) is 6.26 Å². The highest BCUT2D eigenvalue weighted by Gasteiger charge is 2.27. The Kier molecular flexibility index (Phi) is 9.25. The van der Waals surface area contributed by atoms with Gasteiger partial charge in [-0.05, 0) is 63.7 Å². The Balaban J connectivity index is 0.00000243. The van der Waals surface area contributed by atoms with Gasteiger partial charge in [-0.25, -0.2) is 0 Å². The van der Waals surface area contributed by atoms with Crippen molar-refractivity contribution in [3.05, 3.63) is 24.2 Å². The van der Waals surface area contributed by atoms with Crippen molar-refractivity contribution in [2.45, 2.75) is 52.0 Å². The number of nitrogens with one attached hydrogen (secondary N) is 1. The molecule has 2 aliphatic rings. The highest BCUT2D eigenvalue weighted by Crippen LogP contribution is 2.20.